The maximum Gasteiger partial charge on any atom is 0.233 e. The Morgan fingerprint density at radius 2 is 1.80 bits per heavy atom. The van der Waals surface area contributed by atoms with Gasteiger partial charge in [0, 0.05) is 0 Å². The molecule has 1 amide bonds. The predicted molar refractivity (Wildman–Crippen MR) is 66.1 cm³/mol. The zero-order valence-electron chi connectivity index (χ0n) is 9.25. The molecule has 0 saturated carbocycles. The van der Waals surface area contributed by atoms with Crippen LogP contribution in [0.15, 0.2) is 24.3 Å². The molecule has 82 valence electrons. The van der Waals surface area contributed by atoms with Crippen molar-refractivity contribution in [1.82, 2.24) is 5.32 Å². The summed E-state index contributed by atoms with van der Waals surface area (Å²) in [5, 5.41) is 2.93. The lowest BCUT2D eigenvalue weighted by Crippen LogP contribution is -2.31. The maximum absolute atomic E-state index is 11.4. The number of nitrogens with one attached hydrogen (secondary N) is 1. The fourth-order valence-corrected chi connectivity index (χ4v) is 1.40. The fraction of sp³-hybridized carbons (Fsp3) is 0.417. The lowest BCUT2D eigenvalue weighted by atomic mass is 10.1. The second kappa shape index (κ2) is 5.31. The van der Waals surface area contributed by atoms with Crippen LogP contribution in [0.5, 0.6) is 0 Å². The predicted octanol–water partition coefficient (Wildman–Crippen LogP) is 2.96. The first-order valence-corrected chi connectivity index (χ1v) is 5.93. The van der Waals surface area contributed by atoms with E-state index in [2.05, 4.69) is 33.4 Å². The Kier molecular flexibility index (Phi) is 4.33. The van der Waals surface area contributed by atoms with Crippen molar-refractivity contribution < 1.29 is 4.79 Å². The molecule has 0 bridgehead atoms. The molecule has 15 heavy (non-hydrogen) atoms. The number of benzene rings is 1. The van der Waals surface area contributed by atoms with Crippen LogP contribution in [0, 0.1) is 6.92 Å². The molecule has 1 N–H and O–H groups in total. The quantitative estimate of drug-likeness (QED) is 0.840. The highest BCUT2D eigenvalue weighted by molar-refractivity contribution is 9.10. The number of hydrogen-bond acceptors (Lipinski definition) is 1. The molecule has 1 unspecified atom stereocenters. The summed E-state index contributed by atoms with van der Waals surface area (Å²) in [5.41, 5.74) is 2.35. The molecule has 0 aliphatic rings. The monoisotopic (exact) mass is 269 g/mol. The van der Waals surface area contributed by atoms with Crippen LogP contribution in [0.25, 0.3) is 0 Å². The lowest BCUT2D eigenvalue weighted by Gasteiger charge is -2.15. The van der Waals surface area contributed by atoms with E-state index in [0.29, 0.717) is 0 Å². The molecule has 1 rings (SSSR count). The van der Waals surface area contributed by atoms with Crippen molar-refractivity contribution in [3.63, 3.8) is 0 Å². The molecular weight excluding hydrogens is 254 g/mol. The smallest absolute Gasteiger partial charge is 0.233 e. The number of carbonyl (C=O) groups excluding carboxylic acids is 1. The van der Waals surface area contributed by atoms with E-state index in [1.54, 1.807) is 0 Å². The van der Waals surface area contributed by atoms with E-state index in [9.17, 15) is 4.79 Å². The van der Waals surface area contributed by atoms with Gasteiger partial charge in [-0.1, -0.05) is 45.8 Å². The highest BCUT2D eigenvalue weighted by atomic mass is 79.9. The van der Waals surface area contributed by atoms with Gasteiger partial charge in [0.15, 0.2) is 0 Å². The van der Waals surface area contributed by atoms with E-state index >= 15 is 0 Å². The molecule has 2 nitrogen and oxygen atoms in total. The van der Waals surface area contributed by atoms with Crippen LogP contribution >= 0.6 is 15.9 Å². The second-order valence-corrected chi connectivity index (χ2v) is 5.13. The summed E-state index contributed by atoms with van der Waals surface area (Å²) in [4.78, 5) is 11.3. The Morgan fingerprint density at radius 3 is 2.27 bits per heavy atom. The third-order valence-electron chi connectivity index (χ3n) is 2.30. The number of alkyl halides is 1. The summed E-state index contributed by atoms with van der Waals surface area (Å²) in [7, 11) is 0. The third-order valence-corrected chi connectivity index (χ3v) is 2.71. The third kappa shape index (κ3) is 3.67. The van der Waals surface area contributed by atoms with Crippen molar-refractivity contribution in [2.45, 2.75) is 31.6 Å². The first kappa shape index (κ1) is 12.2. The van der Waals surface area contributed by atoms with E-state index < -0.39 is 0 Å². The average Bonchev–Trinajstić information content (AvgIpc) is 2.18. The Labute approximate surface area is 99.2 Å². The summed E-state index contributed by atoms with van der Waals surface area (Å²) >= 11 is 3.24. The van der Waals surface area contributed by atoms with Crippen molar-refractivity contribution in [2.24, 2.45) is 0 Å². The van der Waals surface area contributed by atoms with E-state index in [1.807, 2.05) is 32.9 Å². The highest BCUT2D eigenvalue weighted by Crippen LogP contribution is 2.13. The number of halogens is 1. The largest absolute Gasteiger partial charge is 0.349 e. The maximum atomic E-state index is 11.4. The first-order chi connectivity index (χ1) is 7.00. The molecule has 0 fully saturated rings. The van der Waals surface area contributed by atoms with Gasteiger partial charge in [-0.3, -0.25) is 4.79 Å². The minimum absolute atomic E-state index is 0.0167. The van der Waals surface area contributed by atoms with Crippen molar-refractivity contribution in [1.29, 1.82) is 0 Å². The molecule has 0 heterocycles. The van der Waals surface area contributed by atoms with Gasteiger partial charge in [-0.05, 0) is 26.3 Å². The Morgan fingerprint density at radius 1 is 1.27 bits per heavy atom. The van der Waals surface area contributed by atoms with Crippen LogP contribution in [-0.2, 0) is 4.79 Å². The molecule has 3 heteroatoms. The summed E-state index contributed by atoms with van der Waals surface area (Å²) in [5.74, 6) is 0.0167. The standard InChI is InChI=1S/C12H16BrNO/c1-8-4-6-11(7-5-8)10(3)14-12(15)9(2)13/h4-7,9-10H,1-3H3,(H,14,15)/t9?,10-/m1/s1. The van der Waals surface area contributed by atoms with E-state index in [4.69, 9.17) is 0 Å². The number of rotatable bonds is 3. The lowest BCUT2D eigenvalue weighted by molar-refractivity contribution is -0.120. The summed E-state index contributed by atoms with van der Waals surface area (Å²) < 4.78 is 0. The number of amides is 1. The van der Waals surface area contributed by atoms with Crippen molar-refractivity contribution in [3.05, 3.63) is 35.4 Å². The van der Waals surface area contributed by atoms with Gasteiger partial charge in [0.25, 0.3) is 0 Å². The van der Waals surface area contributed by atoms with Gasteiger partial charge >= 0.3 is 0 Å². The highest BCUT2D eigenvalue weighted by Gasteiger charge is 2.12. The molecule has 0 aliphatic carbocycles. The van der Waals surface area contributed by atoms with E-state index in [1.165, 1.54) is 5.56 Å². The molecule has 0 aliphatic heterocycles. The van der Waals surface area contributed by atoms with Crippen LogP contribution in [0.3, 0.4) is 0 Å². The first-order valence-electron chi connectivity index (χ1n) is 5.01. The molecular formula is C12H16BrNO. The SMILES string of the molecule is Cc1ccc([C@@H](C)NC(=O)C(C)Br)cc1. The number of carbonyl (C=O) groups is 1. The molecule has 1 aromatic carbocycles. The number of aryl methyl sites for hydroxylation is 1. The summed E-state index contributed by atoms with van der Waals surface area (Å²) in [6.45, 7) is 5.85. The Balaban J connectivity index is 2.65. The summed E-state index contributed by atoms with van der Waals surface area (Å²) in [6.07, 6.45) is 0. The van der Waals surface area contributed by atoms with Gasteiger partial charge < -0.3 is 5.32 Å². The molecule has 0 radical (unpaired) electrons. The van der Waals surface area contributed by atoms with Crippen molar-refractivity contribution in [2.75, 3.05) is 0 Å². The van der Waals surface area contributed by atoms with Crippen LogP contribution in [0.2, 0.25) is 0 Å². The van der Waals surface area contributed by atoms with Crippen molar-refractivity contribution >= 4 is 21.8 Å². The van der Waals surface area contributed by atoms with Crippen LogP contribution < -0.4 is 5.32 Å². The van der Waals surface area contributed by atoms with Gasteiger partial charge in [0.1, 0.15) is 0 Å². The Hall–Kier alpha value is -0.830. The van der Waals surface area contributed by atoms with Gasteiger partial charge in [-0.25, -0.2) is 0 Å². The number of hydrogen-bond donors (Lipinski definition) is 1. The average molecular weight is 270 g/mol. The summed E-state index contributed by atoms with van der Waals surface area (Å²) in [6, 6.07) is 8.24. The zero-order valence-corrected chi connectivity index (χ0v) is 10.8. The molecule has 1 aromatic rings. The normalized spacial score (nSPS) is 14.4. The minimum Gasteiger partial charge on any atom is -0.349 e. The second-order valence-electron chi connectivity index (χ2n) is 3.76. The van der Waals surface area contributed by atoms with Gasteiger partial charge in [-0.2, -0.15) is 0 Å². The van der Waals surface area contributed by atoms with E-state index in [-0.39, 0.29) is 16.8 Å². The van der Waals surface area contributed by atoms with Crippen molar-refractivity contribution in [3.8, 4) is 0 Å². The molecule has 0 aromatic heterocycles. The Bertz CT molecular complexity index is 332. The van der Waals surface area contributed by atoms with Gasteiger partial charge in [0.2, 0.25) is 5.91 Å². The van der Waals surface area contributed by atoms with E-state index in [0.717, 1.165) is 5.56 Å². The molecule has 0 saturated heterocycles. The van der Waals surface area contributed by atoms with Gasteiger partial charge in [0.05, 0.1) is 10.9 Å². The molecule has 2 atom stereocenters. The minimum atomic E-state index is -0.148. The van der Waals surface area contributed by atoms with Crippen LogP contribution in [0.1, 0.15) is 31.0 Å². The zero-order chi connectivity index (χ0) is 11.4. The van der Waals surface area contributed by atoms with Crippen LogP contribution in [-0.4, -0.2) is 10.7 Å². The fourth-order valence-electron chi connectivity index (χ4n) is 1.27. The van der Waals surface area contributed by atoms with Gasteiger partial charge in [-0.15, -0.1) is 0 Å². The topological polar surface area (TPSA) is 29.1 Å². The molecule has 0 spiro atoms. The van der Waals surface area contributed by atoms with Crippen LogP contribution in [0.4, 0.5) is 0 Å².